The summed E-state index contributed by atoms with van der Waals surface area (Å²) >= 11 is 0. The summed E-state index contributed by atoms with van der Waals surface area (Å²) in [4.78, 5) is 18.2. The molecule has 0 rings (SSSR count). The molecular weight excluding hydrogens is 144 g/mol. The van der Waals surface area contributed by atoms with E-state index in [4.69, 9.17) is 19.8 Å². The fourth-order valence-corrected chi connectivity index (χ4v) is 0. The summed E-state index contributed by atoms with van der Waals surface area (Å²) in [6.07, 6.45) is 0. The lowest BCUT2D eigenvalue weighted by Crippen LogP contribution is -2.09. The van der Waals surface area contributed by atoms with E-state index in [1.165, 1.54) is 0 Å². The third-order valence-electron chi connectivity index (χ3n) is 0.183. The molecule has 0 aliphatic carbocycles. The smallest absolute Gasteiger partial charge is 0.414 e. The van der Waals surface area contributed by atoms with Gasteiger partial charge < -0.3 is 21.2 Å². The second-order valence-corrected chi connectivity index (χ2v) is 0.610. The van der Waals surface area contributed by atoms with Crippen molar-refractivity contribution in [3.05, 3.63) is 0 Å². The molecule has 0 heterocycles. The molecule has 0 aromatic carbocycles. The molecule has 0 aromatic rings. The second kappa shape index (κ2) is 10.6. The van der Waals surface area contributed by atoms with E-state index in [0.717, 1.165) is 0 Å². The minimum Gasteiger partial charge on any atom is -0.473 e. The quantitative estimate of drug-likeness (QED) is 0.283. The van der Waals surface area contributed by atoms with Gasteiger partial charge >= 0.3 is 11.9 Å². The molecular formula is C2H6MgO6. The standard InChI is InChI=1S/C2H2O4.Mg.2H2O/c3-1(4)2(5)6;;;/h(H,3,4)(H,5,6);;2*1H2. The molecule has 0 spiro atoms. The third-order valence-corrected chi connectivity index (χ3v) is 0.183. The van der Waals surface area contributed by atoms with Crippen LogP contribution in [0.15, 0.2) is 0 Å². The molecule has 6 N–H and O–H groups in total. The molecule has 52 valence electrons. The second-order valence-electron chi connectivity index (χ2n) is 0.610. The highest BCUT2D eigenvalue weighted by Gasteiger charge is 2.04. The van der Waals surface area contributed by atoms with E-state index in [2.05, 4.69) is 0 Å². The Bertz CT molecular complexity index is 77.1. The maximum Gasteiger partial charge on any atom is 0.414 e. The van der Waals surface area contributed by atoms with Crippen molar-refractivity contribution in [3.8, 4) is 0 Å². The van der Waals surface area contributed by atoms with Gasteiger partial charge in [0.2, 0.25) is 0 Å². The van der Waals surface area contributed by atoms with Crippen LogP contribution in [0.25, 0.3) is 0 Å². The van der Waals surface area contributed by atoms with Crippen molar-refractivity contribution in [2.45, 2.75) is 0 Å². The average molecular weight is 150 g/mol. The molecule has 9 heavy (non-hydrogen) atoms. The lowest BCUT2D eigenvalue weighted by molar-refractivity contribution is -0.159. The Morgan fingerprint density at radius 2 is 1.00 bits per heavy atom. The number of aliphatic carboxylic acids is 2. The van der Waals surface area contributed by atoms with E-state index in [9.17, 15) is 0 Å². The summed E-state index contributed by atoms with van der Waals surface area (Å²) in [7, 11) is 0. The topological polar surface area (TPSA) is 138 Å². The largest absolute Gasteiger partial charge is 0.473 e. The van der Waals surface area contributed by atoms with Crippen molar-refractivity contribution in [2.75, 3.05) is 0 Å². The highest BCUT2D eigenvalue weighted by Crippen LogP contribution is 1.56. The number of carbonyl (C=O) groups is 2. The molecule has 0 atom stereocenters. The zero-order chi connectivity index (χ0) is 5.15. The Labute approximate surface area is 66.2 Å². The van der Waals surface area contributed by atoms with E-state index >= 15 is 0 Å². The van der Waals surface area contributed by atoms with Gasteiger partial charge in [-0.3, -0.25) is 0 Å². The maximum atomic E-state index is 9.10. The maximum absolute atomic E-state index is 9.10. The molecule has 0 amide bonds. The number of carboxylic acid groups (broad SMARTS) is 2. The SMILES string of the molecule is O.O.O=C(O)C(=O)O.[Mg]. The van der Waals surface area contributed by atoms with Crippen LogP contribution in [0.4, 0.5) is 0 Å². The lowest BCUT2D eigenvalue weighted by atomic mass is 10.7. The van der Waals surface area contributed by atoms with E-state index in [0.29, 0.717) is 0 Å². The number of hydrogen-bond donors (Lipinski definition) is 2. The Morgan fingerprint density at radius 3 is 1.00 bits per heavy atom. The minimum absolute atomic E-state index is 0. The number of carboxylic acids is 2. The zero-order valence-corrected chi connectivity index (χ0v) is 5.83. The van der Waals surface area contributed by atoms with Gasteiger partial charge in [-0.1, -0.05) is 0 Å². The van der Waals surface area contributed by atoms with Crippen LogP contribution in [0.2, 0.25) is 0 Å². The van der Waals surface area contributed by atoms with E-state index in [1.54, 1.807) is 0 Å². The summed E-state index contributed by atoms with van der Waals surface area (Å²) < 4.78 is 0. The van der Waals surface area contributed by atoms with Gasteiger partial charge in [0.25, 0.3) is 0 Å². The van der Waals surface area contributed by atoms with Crippen molar-refractivity contribution >= 4 is 35.0 Å². The van der Waals surface area contributed by atoms with E-state index in [-0.39, 0.29) is 34.0 Å². The van der Waals surface area contributed by atoms with Crippen molar-refractivity contribution < 1.29 is 30.8 Å². The predicted octanol–water partition coefficient (Wildman–Crippen LogP) is -2.87. The summed E-state index contributed by atoms with van der Waals surface area (Å²) in [5.74, 6) is -3.65. The normalized spacial score (nSPS) is 4.89. The molecule has 6 nitrogen and oxygen atoms in total. The fourth-order valence-electron chi connectivity index (χ4n) is 0. The van der Waals surface area contributed by atoms with Gasteiger partial charge in [0.05, 0.1) is 0 Å². The molecule has 0 aromatic heterocycles. The summed E-state index contributed by atoms with van der Waals surface area (Å²) in [6.45, 7) is 0. The minimum atomic E-state index is -1.82. The van der Waals surface area contributed by atoms with Gasteiger partial charge in [0.15, 0.2) is 0 Å². The molecule has 0 aliphatic rings. The van der Waals surface area contributed by atoms with Crippen LogP contribution in [-0.4, -0.2) is 56.2 Å². The predicted molar refractivity (Wildman–Crippen MR) is 28.3 cm³/mol. The van der Waals surface area contributed by atoms with Crippen LogP contribution < -0.4 is 0 Å². The first-order valence-corrected chi connectivity index (χ1v) is 1.11. The van der Waals surface area contributed by atoms with Gasteiger partial charge in [-0.2, -0.15) is 0 Å². The molecule has 0 unspecified atom stereocenters. The van der Waals surface area contributed by atoms with Crippen molar-refractivity contribution in [1.29, 1.82) is 0 Å². The highest BCUT2D eigenvalue weighted by molar-refractivity contribution is 6.27. The molecule has 2 radical (unpaired) electrons. The van der Waals surface area contributed by atoms with Crippen LogP contribution in [-0.2, 0) is 9.59 Å². The Balaban J connectivity index is -0.0000000417. The van der Waals surface area contributed by atoms with Crippen LogP contribution in [0.3, 0.4) is 0 Å². The Morgan fingerprint density at radius 1 is 0.889 bits per heavy atom. The molecule has 0 bridgehead atoms. The van der Waals surface area contributed by atoms with Gasteiger partial charge in [0.1, 0.15) is 0 Å². The van der Waals surface area contributed by atoms with Crippen LogP contribution >= 0.6 is 0 Å². The van der Waals surface area contributed by atoms with Crippen LogP contribution in [0, 0.1) is 0 Å². The first-order chi connectivity index (χ1) is 2.64. The molecule has 0 fully saturated rings. The van der Waals surface area contributed by atoms with E-state index < -0.39 is 11.9 Å². The number of rotatable bonds is 0. The highest BCUT2D eigenvalue weighted by atomic mass is 24.3. The molecule has 0 saturated carbocycles. The van der Waals surface area contributed by atoms with Crippen molar-refractivity contribution in [2.24, 2.45) is 0 Å². The first-order valence-electron chi connectivity index (χ1n) is 1.11. The average Bonchev–Trinajstić information content (AvgIpc) is 1.36. The van der Waals surface area contributed by atoms with E-state index in [1.807, 2.05) is 0 Å². The number of hydrogen-bond acceptors (Lipinski definition) is 2. The molecule has 0 aliphatic heterocycles. The van der Waals surface area contributed by atoms with Crippen molar-refractivity contribution in [3.63, 3.8) is 0 Å². The van der Waals surface area contributed by atoms with Crippen molar-refractivity contribution in [1.82, 2.24) is 0 Å². The van der Waals surface area contributed by atoms with Gasteiger partial charge in [-0.05, 0) is 0 Å². The molecule has 7 heteroatoms. The lowest BCUT2D eigenvalue weighted by Gasteiger charge is -1.72. The zero-order valence-electron chi connectivity index (χ0n) is 4.42. The first kappa shape index (κ1) is 23.4. The third kappa shape index (κ3) is 18.4. The molecule has 0 saturated heterocycles. The Kier molecular flexibility index (Phi) is 27.6. The van der Waals surface area contributed by atoms with Gasteiger partial charge in [-0.15, -0.1) is 0 Å². The summed E-state index contributed by atoms with van der Waals surface area (Å²) in [5, 5.41) is 14.8. The fraction of sp³-hybridized carbons (Fsp3) is 0. The Hall–Kier alpha value is -0.374. The summed E-state index contributed by atoms with van der Waals surface area (Å²) in [6, 6.07) is 0. The monoisotopic (exact) mass is 150 g/mol. The summed E-state index contributed by atoms with van der Waals surface area (Å²) in [5.41, 5.74) is 0. The van der Waals surface area contributed by atoms with Crippen LogP contribution in [0.1, 0.15) is 0 Å². The van der Waals surface area contributed by atoms with Gasteiger partial charge in [-0.25, -0.2) is 9.59 Å². The van der Waals surface area contributed by atoms with Gasteiger partial charge in [0, 0.05) is 23.1 Å². The van der Waals surface area contributed by atoms with Crippen LogP contribution in [0.5, 0.6) is 0 Å².